The van der Waals surface area contributed by atoms with Crippen LogP contribution in [0.4, 0.5) is 0 Å². The van der Waals surface area contributed by atoms with Crippen LogP contribution in [0.2, 0.25) is 0 Å². The van der Waals surface area contributed by atoms with Crippen molar-refractivity contribution in [1.29, 1.82) is 0 Å². The molecule has 11 nitrogen and oxygen atoms in total. The average molecular weight is 1300 g/mol. The third-order valence-corrected chi connectivity index (χ3v) is 19.2. The first-order valence-corrected chi connectivity index (χ1v) is 40.3. The van der Waals surface area contributed by atoms with Gasteiger partial charge < -0.3 is 45.1 Å². The van der Waals surface area contributed by atoms with Gasteiger partial charge in [-0.3, -0.25) is 9.59 Å². The number of nitrogens with one attached hydrogen (secondary N) is 1. The van der Waals surface area contributed by atoms with E-state index in [1.54, 1.807) is 6.08 Å². The Morgan fingerprint density at radius 3 is 1.04 bits per heavy atom. The predicted molar refractivity (Wildman–Crippen MR) is 389 cm³/mol. The number of carbonyl (C=O) groups excluding carboxylic acids is 2. The van der Waals surface area contributed by atoms with Crippen LogP contribution in [-0.4, -0.2) is 100 Å². The fourth-order valence-electron chi connectivity index (χ4n) is 12.9. The molecule has 1 aliphatic heterocycles. The maximum absolute atomic E-state index is 13.0. The molecule has 7 atom stereocenters. The zero-order valence-electron chi connectivity index (χ0n) is 60.5. The van der Waals surface area contributed by atoms with Gasteiger partial charge >= 0.3 is 5.97 Å². The molecule has 1 aliphatic rings. The van der Waals surface area contributed by atoms with Gasteiger partial charge in [-0.25, -0.2) is 0 Å². The summed E-state index contributed by atoms with van der Waals surface area (Å²) >= 11 is 0. The fourth-order valence-corrected chi connectivity index (χ4v) is 12.9. The molecule has 1 amide bonds. The van der Waals surface area contributed by atoms with Crippen LogP contribution >= 0.6 is 0 Å². The van der Waals surface area contributed by atoms with Gasteiger partial charge in [-0.2, -0.15) is 0 Å². The van der Waals surface area contributed by atoms with Gasteiger partial charge in [0.05, 0.1) is 32.0 Å². The van der Waals surface area contributed by atoms with E-state index >= 15 is 0 Å². The topological polar surface area (TPSA) is 175 Å². The molecule has 1 saturated heterocycles. The smallest absolute Gasteiger partial charge is 0.305 e. The Balaban J connectivity index is 1.84. The van der Waals surface area contributed by atoms with Crippen LogP contribution in [0.5, 0.6) is 0 Å². The molecule has 6 N–H and O–H groups in total. The minimum Gasteiger partial charge on any atom is -0.466 e. The summed E-state index contributed by atoms with van der Waals surface area (Å²) in [4.78, 5) is 25.1. The number of carbonyl (C=O) groups is 2. The molecule has 0 spiro atoms. The lowest BCUT2D eigenvalue weighted by Crippen LogP contribution is -2.60. The quantitative estimate of drug-likeness (QED) is 0.0195. The second kappa shape index (κ2) is 70.2. The van der Waals surface area contributed by atoms with E-state index in [2.05, 4.69) is 43.5 Å². The predicted octanol–water partition coefficient (Wildman–Crippen LogP) is 21.7. The molecule has 92 heavy (non-hydrogen) atoms. The number of rotatable bonds is 72. The van der Waals surface area contributed by atoms with Crippen molar-refractivity contribution in [1.82, 2.24) is 5.32 Å². The van der Waals surface area contributed by atoms with Crippen molar-refractivity contribution >= 4 is 11.9 Å². The summed E-state index contributed by atoms with van der Waals surface area (Å²) in [5, 5.41) is 54.3. The fraction of sp³-hybridized carbons (Fsp3) is 0.901. The molecule has 1 heterocycles. The van der Waals surface area contributed by atoms with Gasteiger partial charge in [0.25, 0.3) is 0 Å². The monoisotopic (exact) mass is 1300 g/mol. The number of aliphatic hydroxyl groups is 5. The van der Waals surface area contributed by atoms with Gasteiger partial charge in [-0.15, -0.1) is 0 Å². The summed E-state index contributed by atoms with van der Waals surface area (Å²) in [6.45, 7) is 4.36. The number of aliphatic hydroxyl groups excluding tert-OH is 5. The summed E-state index contributed by atoms with van der Waals surface area (Å²) in [5.41, 5.74) is 0. The Kier molecular flexibility index (Phi) is 67.1. The van der Waals surface area contributed by atoms with E-state index in [1.165, 1.54) is 321 Å². The maximum atomic E-state index is 13.0. The lowest BCUT2D eigenvalue weighted by molar-refractivity contribution is -0.302. The average Bonchev–Trinajstić information content (AvgIpc) is 0.909. The molecule has 0 aromatic rings. The molecular weight excluding hydrogens is 1150 g/mol. The third kappa shape index (κ3) is 58.1. The Bertz CT molecular complexity index is 1620. The van der Waals surface area contributed by atoms with Gasteiger partial charge in [0.2, 0.25) is 5.91 Å². The molecular formula is C81H153NO10. The number of esters is 1. The van der Waals surface area contributed by atoms with E-state index in [4.69, 9.17) is 14.2 Å². The second-order valence-electron chi connectivity index (χ2n) is 28.1. The van der Waals surface area contributed by atoms with E-state index in [0.717, 1.165) is 57.8 Å². The Morgan fingerprint density at radius 2 is 0.696 bits per heavy atom. The second-order valence-corrected chi connectivity index (χ2v) is 28.1. The standard InChI is InChI=1S/C81H153NO10/c1-3-5-7-9-11-13-14-15-16-43-46-49-53-57-61-65-69-77(86)90-70-66-62-58-54-50-47-44-41-39-37-35-33-31-29-27-25-23-21-19-17-18-20-22-24-26-28-30-32-34-36-38-40-42-45-48-52-56-60-64-68-76(85)82-73(74(84)67-63-59-55-51-12-10-8-6-4-2)72-91-81-80(89)79(88)78(87)75(71-83)92-81/h16-18,43,63,67,73-75,78-81,83-84,87-89H,3-15,19-42,44-62,64-66,68-72H2,1-2H3,(H,82,85)/b18-17-,43-16-,67-63+. The molecule has 11 heteroatoms. The third-order valence-electron chi connectivity index (χ3n) is 19.2. The van der Waals surface area contributed by atoms with Crippen molar-refractivity contribution in [3.8, 4) is 0 Å². The molecule has 542 valence electrons. The molecule has 0 aliphatic carbocycles. The number of ether oxygens (including phenoxy) is 3. The van der Waals surface area contributed by atoms with Crippen LogP contribution in [0.25, 0.3) is 0 Å². The van der Waals surface area contributed by atoms with Crippen LogP contribution < -0.4 is 5.32 Å². The Hall–Kier alpha value is -2.12. The lowest BCUT2D eigenvalue weighted by Gasteiger charge is -2.40. The van der Waals surface area contributed by atoms with Crippen LogP contribution in [0.15, 0.2) is 36.5 Å². The van der Waals surface area contributed by atoms with Crippen molar-refractivity contribution in [2.75, 3.05) is 19.8 Å². The summed E-state index contributed by atoms with van der Waals surface area (Å²) in [5.74, 6) is -0.168. The zero-order chi connectivity index (χ0) is 66.5. The first-order chi connectivity index (χ1) is 45.2. The number of unbranched alkanes of at least 4 members (excludes halogenated alkanes) is 54. The highest BCUT2D eigenvalue weighted by Crippen LogP contribution is 2.24. The van der Waals surface area contributed by atoms with Crippen molar-refractivity contribution in [3.63, 3.8) is 0 Å². The Labute approximate surface area is 568 Å². The first kappa shape index (κ1) is 87.9. The van der Waals surface area contributed by atoms with E-state index in [-0.39, 0.29) is 18.5 Å². The van der Waals surface area contributed by atoms with E-state index < -0.39 is 49.5 Å². The molecule has 1 fully saturated rings. The van der Waals surface area contributed by atoms with E-state index in [9.17, 15) is 35.1 Å². The van der Waals surface area contributed by atoms with Crippen LogP contribution in [0.1, 0.15) is 406 Å². The molecule has 0 aromatic heterocycles. The van der Waals surface area contributed by atoms with Crippen LogP contribution in [0, 0.1) is 0 Å². The van der Waals surface area contributed by atoms with Crippen molar-refractivity contribution < 1.29 is 49.3 Å². The first-order valence-electron chi connectivity index (χ1n) is 40.3. The highest BCUT2D eigenvalue weighted by Gasteiger charge is 2.44. The molecule has 0 bridgehead atoms. The lowest BCUT2D eigenvalue weighted by atomic mass is 9.99. The SMILES string of the molecule is CCCCCCCCC/C=C\CCCCCCCC(=O)OCCCCCCCCCCCCCCCCCCCC/C=C\CCCCCCCCCCCCCCCCCCCC(=O)NC(COC1OC(CO)C(O)C(O)C1O)C(O)/C=C/CCCCCCCCC. The summed E-state index contributed by atoms with van der Waals surface area (Å²) in [6, 6.07) is -0.805. The summed E-state index contributed by atoms with van der Waals surface area (Å²) in [6.07, 6.45) is 82.1. The minimum absolute atomic E-state index is 0.00994. The maximum Gasteiger partial charge on any atom is 0.305 e. The Morgan fingerprint density at radius 1 is 0.391 bits per heavy atom. The van der Waals surface area contributed by atoms with E-state index in [1.807, 2.05) is 6.08 Å². The summed E-state index contributed by atoms with van der Waals surface area (Å²) in [7, 11) is 0. The van der Waals surface area contributed by atoms with Crippen LogP contribution in [-0.2, 0) is 23.8 Å². The molecule has 7 unspecified atom stereocenters. The zero-order valence-corrected chi connectivity index (χ0v) is 60.5. The van der Waals surface area contributed by atoms with Gasteiger partial charge in [0.15, 0.2) is 6.29 Å². The van der Waals surface area contributed by atoms with Gasteiger partial charge in [0.1, 0.15) is 24.4 Å². The normalized spacial score (nSPS) is 17.7. The number of hydrogen-bond donors (Lipinski definition) is 6. The molecule has 0 saturated carbocycles. The summed E-state index contributed by atoms with van der Waals surface area (Å²) < 4.78 is 16.7. The van der Waals surface area contributed by atoms with Gasteiger partial charge in [0, 0.05) is 12.8 Å². The van der Waals surface area contributed by atoms with Crippen molar-refractivity contribution in [2.24, 2.45) is 0 Å². The minimum atomic E-state index is -1.57. The van der Waals surface area contributed by atoms with Crippen LogP contribution in [0.3, 0.4) is 0 Å². The number of hydrogen-bond acceptors (Lipinski definition) is 10. The van der Waals surface area contributed by atoms with Crippen molar-refractivity contribution in [2.45, 2.75) is 448 Å². The van der Waals surface area contributed by atoms with E-state index in [0.29, 0.717) is 19.4 Å². The molecule has 0 radical (unpaired) electrons. The molecule has 0 aromatic carbocycles. The number of amides is 1. The van der Waals surface area contributed by atoms with Crippen molar-refractivity contribution in [3.05, 3.63) is 36.5 Å². The van der Waals surface area contributed by atoms with Gasteiger partial charge in [-0.1, -0.05) is 346 Å². The highest BCUT2D eigenvalue weighted by molar-refractivity contribution is 5.76. The largest absolute Gasteiger partial charge is 0.466 e. The number of allylic oxidation sites excluding steroid dienone is 5. The highest BCUT2D eigenvalue weighted by atomic mass is 16.7. The van der Waals surface area contributed by atoms with Gasteiger partial charge in [-0.05, 0) is 83.5 Å². The molecule has 1 rings (SSSR count).